The lowest BCUT2D eigenvalue weighted by Gasteiger charge is -2.19. The molecule has 2 aromatic heterocycles. The standard InChI is InChI=1S/C27H26N2O4/c1-30-21-14-18-10-12-28-25(18)24(27(21)33-4)23-19-11-13-29(16-17-8-6-5-7-9-17)20(19)15-22(31-2)26(23)32-3/h5-15,28H,16H2,1-4H3. The molecule has 0 unspecified atom stereocenters. The first-order valence-electron chi connectivity index (χ1n) is 10.7. The van der Waals surface area contributed by atoms with Gasteiger partial charge in [0.15, 0.2) is 23.0 Å². The third-order valence-corrected chi connectivity index (χ3v) is 6.06. The summed E-state index contributed by atoms with van der Waals surface area (Å²) in [6.45, 7) is 0.742. The predicted octanol–water partition coefficient (Wildman–Crippen LogP) is 5.87. The minimum atomic E-state index is 0.635. The van der Waals surface area contributed by atoms with Crippen molar-refractivity contribution in [3.63, 3.8) is 0 Å². The van der Waals surface area contributed by atoms with Crippen LogP contribution in [-0.4, -0.2) is 38.0 Å². The first-order chi connectivity index (χ1) is 16.2. The van der Waals surface area contributed by atoms with E-state index in [0.29, 0.717) is 23.0 Å². The lowest BCUT2D eigenvalue weighted by molar-refractivity contribution is 0.353. The number of H-pyrrole nitrogens is 1. The summed E-state index contributed by atoms with van der Waals surface area (Å²) in [5.41, 5.74) is 4.96. The van der Waals surface area contributed by atoms with E-state index in [9.17, 15) is 0 Å². The van der Waals surface area contributed by atoms with Gasteiger partial charge in [0.25, 0.3) is 0 Å². The van der Waals surface area contributed by atoms with Gasteiger partial charge >= 0.3 is 0 Å². The second kappa shape index (κ2) is 8.47. The highest BCUT2D eigenvalue weighted by Crippen LogP contribution is 2.51. The summed E-state index contributed by atoms with van der Waals surface area (Å²) in [4.78, 5) is 3.37. The Morgan fingerprint density at radius 3 is 2.15 bits per heavy atom. The Labute approximate surface area is 192 Å². The number of methoxy groups -OCH3 is 4. The summed E-state index contributed by atoms with van der Waals surface area (Å²) in [6, 6.07) is 18.5. The summed E-state index contributed by atoms with van der Waals surface area (Å²) in [6.07, 6.45) is 4.01. The SMILES string of the molecule is COc1cc2c(ccn2Cc2ccccc2)c(-c2c(OC)c(OC)cc3cc[nH]c23)c1OC. The monoisotopic (exact) mass is 442 g/mol. The molecule has 0 aliphatic carbocycles. The maximum absolute atomic E-state index is 5.91. The zero-order valence-electron chi connectivity index (χ0n) is 19.1. The Kier molecular flexibility index (Phi) is 5.34. The molecule has 33 heavy (non-hydrogen) atoms. The topological polar surface area (TPSA) is 57.6 Å². The van der Waals surface area contributed by atoms with Crippen molar-refractivity contribution in [1.29, 1.82) is 0 Å². The molecule has 0 bridgehead atoms. The number of benzene rings is 3. The molecule has 1 N–H and O–H groups in total. The average Bonchev–Trinajstić information content (AvgIpc) is 3.49. The van der Waals surface area contributed by atoms with Crippen LogP contribution in [0.1, 0.15) is 5.56 Å². The van der Waals surface area contributed by atoms with Crippen LogP contribution in [0.5, 0.6) is 23.0 Å². The van der Waals surface area contributed by atoms with Gasteiger partial charge in [-0.3, -0.25) is 0 Å². The molecule has 0 fully saturated rings. The van der Waals surface area contributed by atoms with Crippen LogP contribution in [0.3, 0.4) is 0 Å². The normalized spacial score (nSPS) is 11.2. The van der Waals surface area contributed by atoms with Crippen LogP contribution < -0.4 is 18.9 Å². The number of rotatable bonds is 7. The first kappa shape index (κ1) is 20.8. The molecule has 5 rings (SSSR count). The van der Waals surface area contributed by atoms with E-state index < -0.39 is 0 Å². The van der Waals surface area contributed by atoms with Crippen molar-refractivity contribution in [2.45, 2.75) is 6.54 Å². The van der Waals surface area contributed by atoms with E-state index in [0.717, 1.165) is 39.5 Å². The summed E-state index contributed by atoms with van der Waals surface area (Å²) in [5.74, 6) is 2.58. The van der Waals surface area contributed by atoms with Crippen LogP contribution in [0.2, 0.25) is 0 Å². The summed E-state index contributed by atoms with van der Waals surface area (Å²) in [7, 11) is 6.62. The average molecular weight is 443 g/mol. The predicted molar refractivity (Wildman–Crippen MR) is 131 cm³/mol. The molecule has 3 aromatic carbocycles. The van der Waals surface area contributed by atoms with Crippen LogP contribution in [0, 0.1) is 0 Å². The summed E-state index contributed by atoms with van der Waals surface area (Å²) >= 11 is 0. The van der Waals surface area contributed by atoms with E-state index in [4.69, 9.17) is 18.9 Å². The van der Waals surface area contributed by atoms with Crippen molar-refractivity contribution in [3.8, 4) is 34.1 Å². The molecule has 2 heterocycles. The smallest absolute Gasteiger partial charge is 0.170 e. The Morgan fingerprint density at radius 2 is 1.45 bits per heavy atom. The van der Waals surface area contributed by atoms with E-state index in [1.54, 1.807) is 28.4 Å². The van der Waals surface area contributed by atoms with E-state index in [-0.39, 0.29) is 0 Å². The third-order valence-electron chi connectivity index (χ3n) is 6.06. The molecule has 0 radical (unpaired) electrons. The number of nitrogens with zero attached hydrogens (tertiary/aromatic N) is 1. The van der Waals surface area contributed by atoms with E-state index in [2.05, 4.69) is 46.1 Å². The van der Waals surface area contributed by atoms with Crippen molar-refractivity contribution in [3.05, 3.63) is 72.6 Å². The maximum atomic E-state index is 5.91. The number of hydrogen-bond donors (Lipinski definition) is 1. The van der Waals surface area contributed by atoms with Crippen molar-refractivity contribution >= 4 is 21.8 Å². The molecule has 0 spiro atoms. The summed E-state index contributed by atoms with van der Waals surface area (Å²) < 4.78 is 25.5. The second-order valence-corrected chi connectivity index (χ2v) is 7.78. The Morgan fingerprint density at radius 1 is 0.758 bits per heavy atom. The van der Waals surface area contributed by atoms with Crippen LogP contribution in [0.15, 0.2) is 67.0 Å². The van der Waals surface area contributed by atoms with E-state index in [1.807, 2.05) is 30.5 Å². The summed E-state index contributed by atoms with van der Waals surface area (Å²) in [5, 5.41) is 2.05. The number of hydrogen-bond acceptors (Lipinski definition) is 4. The second-order valence-electron chi connectivity index (χ2n) is 7.78. The Bertz CT molecular complexity index is 1430. The number of ether oxygens (including phenoxy) is 4. The van der Waals surface area contributed by atoms with Crippen LogP contribution in [0.4, 0.5) is 0 Å². The number of aromatic nitrogens is 2. The van der Waals surface area contributed by atoms with Crippen molar-refractivity contribution in [2.75, 3.05) is 28.4 Å². The molecule has 6 heteroatoms. The van der Waals surface area contributed by atoms with Gasteiger partial charge in [0.2, 0.25) is 0 Å². The van der Waals surface area contributed by atoms with Gasteiger partial charge < -0.3 is 28.5 Å². The molecule has 0 aliphatic heterocycles. The lowest BCUT2D eigenvalue weighted by atomic mass is 9.96. The largest absolute Gasteiger partial charge is 0.493 e. The maximum Gasteiger partial charge on any atom is 0.170 e. The third kappa shape index (κ3) is 3.35. The van der Waals surface area contributed by atoms with Gasteiger partial charge in [-0.2, -0.15) is 0 Å². The van der Waals surface area contributed by atoms with Gasteiger partial charge in [0.1, 0.15) is 0 Å². The fourth-order valence-corrected chi connectivity index (χ4v) is 4.57. The zero-order chi connectivity index (χ0) is 22.9. The Hall–Kier alpha value is -4.06. The molecule has 0 atom stereocenters. The van der Waals surface area contributed by atoms with Gasteiger partial charge in [-0.15, -0.1) is 0 Å². The number of fused-ring (bicyclic) bond motifs is 2. The van der Waals surface area contributed by atoms with Gasteiger partial charge in [-0.1, -0.05) is 30.3 Å². The van der Waals surface area contributed by atoms with Gasteiger partial charge in [-0.05, 0) is 23.8 Å². The highest BCUT2D eigenvalue weighted by atomic mass is 16.5. The Balaban J connectivity index is 1.86. The highest BCUT2D eigenvalue weighted by Gasteiger charge is 2.26. The zero-order valence-corrected chi connectivity index (χ0v) is 19.1. The number of aromatic amines is 1. The molecule has 0 saturated carbocycles. The molecular formula is C27H26N2O4. The molecule has 168 valence electrons. The quantitative estimate of drug-likeness (QED) is 0.342. The fourth-order valence-electron chi connectivity index (χ4n) is 4.57. The minimum absolute atomic E-state index is 0.635. The molecule has 0 saturated heterocycles. The highest BCUT2D eigenvalue weighted by molar-refractivity contribution is 6.10. The fraction of sp³-hybridized carbons (Fsp3) is 0.185. The van der Waals surface area contributed by atoms with Crippen molar-refractivity contribution in [1.82, 2.24) is 9.55 Å². The lowest BCUT2D eigenvalue weighted by Crippen LogP contribution is -2.01. The molecule has 0 amide bonds. The van der Waals surface area contributed by atoms with Crippen LogP contribution >= 0.6 is 0 Å². The van der Waals surface area contributed by atoms with E-state index in [1.165, 1.54) is 5.56 Å². The van der Waals surface area contributed by atoms with Crippen LogP contribution in [-0.2, 0) is 6.54 Å². The molecule has 5 aromatic rings. The van der Waals surface area contributed by atoms with Crippen LogP contribution in [0.25, 0.3) is 32.9 Å². The molecule has 6 nitrogen and oxygen atoms in total. The molecular weight excluding hydrogens is 416 g/mol. The number of nitrogens with one attached hydrogen (secondary N) is 1. The van der Waals surface area contributed by atoms with Gasteiger partial charge in [-0.25, -0.2) is 0 Å². The first-order valence-corrected chi connectivity index (χ1v) is 10.7. The van der Waals surface area contributed by atoms with Crippen molar-refractivity contribution in [2.24, 2.45) is 0 Å². The van der Waals surface area contributed by atoms with Gasteiger partial charge in [0.05, 0.1) is 45.0 Å². The van der Waals surface area contributed by atoms with Crippen molar-refractivity contribution < 1.29 is 18.9 Å². The molecule has 0 aliphatic rings. The van der Waals surface area contributed by atoms with Gasteiger partial charge in [0, 0.05) is 41.3 Å². The minimum Gasteiger partial charge on any atom is -0.493 e. The van der Waals surface area contributed by atoms with E-state index >= 15 is 0 Å².